The van der Waals surface area contributed by atoms with E-state index in [1.54, 1.807) is 0 Å². The first-order chi connectivity index (χ1) is 8.58. The first kappa shape index (κ1) is 12.0. The quantitative estimate of drug-likeness (QED) is 0.879. The molecule has 0 aromatic heterocycles. The van der Waals surface area contributed by atoms with Gasteiger partial charge in [-0.1, -0.05) is 0 Å². The molecule has 5 heteroatoms. The Labute approximate surface area is 102 Å². The van der Waals surface area contributed by atoms with Gasteiger partial charge >= 0.3 is 6.09 Å². The van der Waals surface area contributed by atoms with E-state index in [9.17, 15) is 13.6 Å². The molecule has 0 aliphatic carbocycles. The van der Waals surface area contributed by atoms with Crippen LogP contribution in [-0.2, 0) is 0 Å². The van der Waals surface area contributed by atoms with E-state index in [2.05, 4.69) is 0 Å². The molecule has 1 amide bonds. The number of halogens is 2. The fraction of sp³-hybridized carbons (Fsp3) is 0. The second-order valence-corrected chi connectivity index (χ2v) is 3.57. The van der Waals surface area contributed by atoms with E-state index >= 15 is 0 Å². The molecule has 0 bridgehead atoms. The van der Waals surface area contributed by atoms with Crippen molar-refractivity contribution in [1.29, 1.82) is 0 Å². The maximum absolute atomic E-state index is 12.8. The van der Waals surface area contributed by atoms with E-state index in [1.165, 1.54) is 24.3 Å². The Kier molecular flexibility index (Phi) is 3.23. The zero-order chi connectivity index (χ0) is 13.1. The fourth-order valence-corrected chi connectivity index (χ4v) is 1.55. The first-order valence-electron chi connectivity index (χ1n) is 5.12. The predicted molar refractivity (Wildman–Crippen MR) is 63.0 cm³/mol. The molecule has 1 N–H and O–H groups in total. The van der Waals surface area contributed by atoms with E-state index in [-0.39, 0.29) is 11.4 Å². The largest absolute Gasteiger partial charge is 0.464 e. The summed E-state index contributed by atoms with van der Waals surface area (Å²) in [6, 6.07) is 10.0. The normalized spacial score (nSPS) is 10.1. The van der Waals surface area contributed by atoms with Gasteiger partial charge in [0.15, 0.2) is 0 Å². The summed E-state index contributed by atoms with van der Waals surface area (Å²) in [6.07, 6.45) is -1.23. The van der Waals surface area contributed by atoms with Crippen LogP contribution in [0.15, 0.2) is 48.5 Å². The number of carboxylic acid groups (broad SMARTS) is 1. The Balaban J connectivity index is 2.43. The van der Waals surface area contributed by atoms with Crippen LogP contribution in [0.1, 0.15) is 0 Å². The third kappa shape index (κ3) is 2.45. The van der Waals surface area contributed by atoms with Gasteiger partial charge in [0, 0.05) is 0 Å². The van der Waals surface area contributed by atoms with Crippen molar-refractivity contribution in [2.75, 3.05) is 4.90 Å². The Hall–Kier alpha value is -2.43. The molecule has 0 saturated heterocycles. The van der Waals surface area contributed by atoms with Gasteiger partial charge in [-0.05, 0) is 48.5 Å². The minimum absolute atomic E-state index is 0.288. The zero-order valence-electron chi connectivity index (χ0n) is 9.18. The number of amides is 1. The molecule has 0 spiro atoms. The lowest BCUT2D eigenvalue weighted by molar-refractivity contribution is 0.205. The molecule has 0 atom stereocenters. The van der Waals surface area contributed by atoms with Crippen molar-refractivity contribution in [1.82, 2.24) is 0 Å². The van der Waals surface area contributed by atoms with Crippen LogP contribution in [0.3, 0.4) is 0 Å². The van der Waals surface area contributed by atoms with Gasteiger partial charge in [-0.25, -0.2) is 18.5 Å². The number of nitrogens with zero attached hydrogens (tertiary/aromatic N) is 1. The van der Waals surface area contributed by atoms with Crippen molar-refractivity contribution < 1.29 is 18.7 Å². The number of anilines is 2. The van der Waals surface area contributed by atoms with Gasteiger partial charge in [0.2, 0.25) is 0 Å². The highest BCUT2D eigenvalue weighted by atomic mass is 19.1. The molecule has 3 nitrogen and oxygen atoms in total. The van der Waals surface area contributed by atoms with Gasteiger partial charge in [-0.3, -0.25) is 0 Å². The molecular formula is C13H9F2NO2. The summed E-state index contributed by atoms with van der Waals surface area (Å²) in [5.74, 6) is -0.911. The lowest BCUT2D eigenvalue weighted by Crippen LogP contribution is -2.23. The van der Waals surface area contributed by atoms with Crippen molar-refractivity contribution in [2.24, 2.45) is 0 Å². The molecule has 2 rings (SSSR count). The molecule has 2 aromatic rings. The van der Waals surface area contributed by atoms with Crippen molar-refractivity contribution in [3.63, 3.8) is 0 Å². The molecular weight excluding hydrogens is 240 g/mol. The highest BCUT2D eigenvalue weighted by Gasteiger charge is 2.16. The Bertz CT molecular complexity index is 507. The summed E-state index contributed by atoms with van der Waals surface area (Å²) in [7, 11) is 0. The minimum atomic E-state index is -1.23. The summed E-state index contributed by atoms with van der Waals surface area (Å²) in [5, 5.41) is 9.16. The van der Waals surface area contributed by atoms with Crippen LogP contribution >= 0.6 is 0 Å². The lowest BCUT2D eigenvalue weighted by Gasteiger charge is -2.19. The highest BCUT2D eigenvalue weighted by Crippen LogP contribution is 2.25. The maximum Gasteiger partial charge on any atom is 0.416 e. The highest BCUT2D eigenvalue weighted by molar-refractivity contribution is 5.94. The molecule has 0 radical (unpaired) electrons. The van der Waals surface area contributed by atoms with E-state index in [0.717, 1.165) is 29.2 Å². The van der Waals surface area contributed by atoms with Crippen LogP contribution in [0.5, 0.6) is 0 Å². The predicted octanol–water partition coefficient (Wildman–Crippen LogP) is 3.78. The lowest BCUT2D eigenvalue weighted by atomic mass is 10.2. The van der Waals surface area contributed by atoms with Crippen LogP contribution < -0.4 is 4.90 Å². The van der Waals surface area contributed by atoms with E-state index < -0.39 is 17.7 Å². The molecule has 0 saturated carbocycles. The summed E-state index contributed by atoms with van der Waals surface area (Å²) >= 11 is 0. The smallest absolute Gasteiger partial charge is 0.416 e. The minimum Gasteiger partial charge on any atom is -0.464 e. The van der Waals surface area contributed by atoms with Crippen LogP contribution in [0.25, 0.3) is 0 Å². The van der Waals surface area contributed by atoms with Crippen molar-refractivity contribution >= 4 is 17.5 Å². The van der Waals surface area contributed by atoms with Gasteiger partial charge in [0.05, 0.1) is 11.4 Å². The molecule has 0 aliphatic rings. The molecule has 18 heavy (non-hydrogen) atoms. The third-order valence-electron chi connectivity index (χ3n) is 2.36. The fourth-order valence-electron chi connectivity index (χ4n) is 1.55. The molecule has 0 fully saturated rings. The van der Waals surface area contributed by atoms with Gasteiger partial charge in [-0.2, -0.15) is 0 Å². The standard InChI is InChI=1S/C13H9F2NO2/c14-9-1-5-11(6-2-9)16(13(17)18)12-7-3-10(15)4-8-12/h1-8H,(H,17,18). The molecule has 0 aliphatic heterocycles. The van der Waals surface area contributed by atoms with Crippen LogP contribution in [0, 0.1) is 11.6 Å². The van der Waals surface area contributed by atoms with Crippen LogP contribution in [0.2, 0.25) is 0 Å². The van der Waals surface area contributed by atoms with Crippen molar-refractivity contribution in [3.05, 3.63) is 60.2 Å². The molecule has 0 heterocycles. The third-order valence-corrected chi connectivity index (χ3v) is 2.36. The number of benzene rings is 2. The van der Waals surface area contributed by atoms with Gasteiger partial charge in [0.1, 0.15) is 11.6 Å². The molecule has 2 aromatic carbocycles. The van der Waals surface area contributed by atoms with Gasteiger partial charge in [-0.15, -0.1) is 0 Å². The Morgan fingerprint density at radius 1 is 0.833 bits per heavy atom. The van der Waals surface area contributed by atoms with Gasteiger partial charge in [0.25, 0.3) is 0 Å². The van der Waals surface area contributed by atoms with E-state index in [0.29, 0.717) is 0 Å². The summed E-state index contributed by atoms with van der Waals surface area (Å²) in [5.41, 5.74) is 0.575. The number of hydrogen-bond donors (Lipinski definition) is 1. The van der Waals surface area contributed by atoms with Crippen LogP contribution in [-0.4, -0.2) is 11.2 Å². The van der Waals surface area contributed by atoms with Crippen molar-refractivity contribution in [3.8, 4) is 0 Å². The SMILES string of the molecule is O=C(O)N(c1ccc(F)cc1)c1ccc(F)cc1. The summed E-state index contributed by atoms with van der Waals surface area (Å²) < 4.78 is 25.6. The van der Waals surface area contributed by atoms with Gasteiger partial charge < -0.3 is 5.11 Å². The zero-order valence-corrected chi connectivity index (χ0v) is 9.18. The average Bonchev–Trinajstić information content (AvgIpc) is 2.34. The van der Waals surface area contributed by atoms with Crippen molar-refractivity contribution in [2.45, 2.75) is 0 Å². The molecule has 0 unspecified atom stereocenters. The van der Waals surface area contributed by atoms with Crippen LogP contribution in [0.4, 0.5) is 25.0 Å². The van der Waals surface area contributed by atoms with E-state index in [4.69, 9.17) is 5.11 Å². The molecule has 92 valence electrons. The number of carbonyl (C=O) groups is 1. The monoisotopic (exact) mass is 249 g/mol. The number of hydrogen-bond acceptors (Lipinski definition) is 1. The Morgan fingerprint density at radius 3 is 1.44 bits per heavy atom. The maximum atomic E-state index is 12.8. The summed E-state index contributed by atoms with van der Waals surface area (Å²) in [6.45, 7) is 0. The number of rotatable bonds is 2. The Morgan fingerprint density at radius 2 is 1.17 bits per heavy atom. The van der Waals surface area contributed by atoms with E-state index in [1.807, 2.05) is 0 Å². The average molecular weight is 249 g/mol. The topological polar surface area (TPSA) is 40.5 Å². The second-order valence-electron chi connectivity index (χ2n) is 3.57. The summed E-state index contributed by atoms with van der Waals surface area (Å²) in [4.78, 5) is 12.2. The first-order valence-corrected chi connectivity index (χ1v) is 5.12. The second kappa shape index (κ2) is 4.83.